The average molecular weight is 637 g/mol. The minimum absolute atomic E-state index is 0.0905. The molecule has 4 rings (SSSR count). The molecule has 246 valence electrons. The summed E-state index contributed by atoms with van der Waals surface area (Å²) in [6, 6.07) is 11.5. The Balaban J connectivity index is 1.28. The Bertz CT molecular complexity index is 1420. The molecule has 0 spiro atoms. The maximum Gasteiger partial charge on any atom is 0.326 e. The Kier molecular flexibility index (Phi) is 11.7. The smallest absolute Gasteiger partial charge is 0.326 e. The third kappa shape index (κ3) is 9.03. The summed E-state index contributed by atoms with van der Waals surface area (Å²) < 4.78 is 0. The van der Waals surface area contributed by atoms with Crippen molar-refractivity contribution in [1.82, 2.24) is 25.8 Å². The number of aromatic hydroxyl groups is 1. The number of phenolic OH excluding ortho intramolecular Hbond substituents is 1. The van der Waals surface area contributed by atoms with Crippen LogP contribution in [0, 0.1) is 0 Å². The van der Waals surface area contributed by atoms with E-state index in [1.807, 2.05) is 6.07 Å². The molecular formula is C32H40N6O8. The number of nitrogens with zero attached hydrogens (tertiary/aromatic N) is 2. The van der Waals surface area contributed by atoms with E-state index in [0.29, 0.717) is 32.2 Å². The third-order valence-corrected chi connectivity index (χ3v) is 8.18. The number of likely N-dealkylation sites (tertiary alicyclic amines) is 2. The van der Waals surface area contributed by atoms with Gasteiger partial charge >= 0.3 is 5.97 Å². The molecule has 4 atom stereocenters. The van der Waals surface area contributed by atoms with Gasteiger partial charge in [-0.3, -0.25) is 24.0 Å². The molecule has 2 aliphatic heterocycles. The molecule has 2 aromatic carbocycles. The summed E-state index contributed by atoms with van der Waals surface area (Å²) >= 11 is 0. The zero-order valence-electron chi connectivity index (χ0n) is 25.4. The number of carboxylic acids is 1. The van der Waals surface area contributed by atoms with Gasteiger partial charge < -0.3 is 41.7 Å². The first-order chi connectivity index (χ1) is 22.0. The molecule has 14 nitrogen and oxygen atoms in total. The van der Waals surface area contributed by atoms with Crippen LogP contribution in [0.1, 0.15) is 36.8 Å². The van der Waals surface area contributed by atoms with Crippen LogP contribution in [-0.2, 0) is 41.6 Å². The van der Waals surface area contributed by atoms with E-state index in [4.69, 9.17) is 5.73 Å². The van der Waals surface area contributed by atoms with Gasteiger partial charge in [0.25, 0.3) is 0 Å². The van der Waals surface area contributed by atoms with Gasteiger partial charge in [0.1, 0.15) is 23.9 Å². The summed E-state index contributed by atoms with van der Waals surface area (Å²) in [6.45, 7) is -0.249. The number of aliphatic carboxylic acids is 1. The van der Waals surface area contributed by atoms with Gasteiger partial charge in [-0.25, -0.2) is 4.79 Å². The number of hydrogen-bond donors (Lipinski definition) is 6. The quantitative estimate of drug-likeness (QED) is 0.164. The molecule has 0 aromatic heterocycles. The van der Waals surface area contributed by atoms with Crippen molar-refractivity contribution in [3.8, 4) is 5.75 Å². The lowest BCUT2D eigenvalue weighted by molar-refractivity contribution is -0.149. The number of rotatable bonds is 13. The van der Waals surface area contributed by atoms with Crippen LogP contribution in [0.5, 0.6) is 5.75 Å². The van der Waals surface area contributed by atoms with Gasteiger partial charge in [-0.15, -0.1) is 0 Å². The van der Waals surface area contributed by atoms with Crippen molar-refractivity contribution in [3.05, 3.63) is 65.7 Å². The molecule has 0 bridgehead atoms. The Morgan fingerprint density at radius 1 is 0.804 bits per heavy atom. The van der Waals surface area contributed by atoms with Gasteiger partial charge in [0.05, 0.1) is 19.1 Å². The number of carbonyl (C=O) groups excluding carboxylic acids is 5. The van der Waals surface area contributed by atoms with Crippen LogP contribution in [0.4, 0.5) is 0 Å². The van der Waals surface area contributed by atoms with E-state index in [0.717, 1.165) is 11.1 Å². The predicted octanol–water partition coefficient (Wildman–Crippen LogP) is -0.711. The Morgan fingerprint density at radius 2 is 1.43 bits per heavy atom. The molecule has 2 heterocycles. The summed E-state index contributed by atoms with van der Waals surface area (Å²) in [4.78, 5) is 79.1. The summed E-state index contributed by atoms with van der Waals surface area (Å²) in [7, 11) is 0. The summed E-state index contributed by atoms with van der Waals surface area (Å²) in [5.74, 6) is -3.72. The molecule has 0 saturated carbocycles. The second kappa shape index (κ2) is 15.8. The van der Waals surface area contributed by atoms with Gasteiger partial charge in [-0.05, 0) is 55.4 Å². The number of carboxylic acid groups (broad SMARTS) is 1. The minimum Gasteiger partial charge on any atom is -0.508 e. The van der Waals surface area contributed by atoms with Crippen molar-refractivity contribution < 1.29 is 39.0 Å². The van der Waals surface area contributed by atoms with Crippen molar-refractivity contribution in [2.75, 3.05) is 26.2 Å². The largest absolute Gasteiger partial charge is 0.508 e. The number of amides is 5. The highest BCUT2D eigenvalue weighted by molar-refractivity contribution is 5.95. The zero-order valence-corrected chi connectivity index (χ0v) is 25.4. The molecule has 2 aromatic rings. The molecule has 14 heteroatoms. The number of phenols is 1. The fourth-order valence-corrected chi connectivity index (χ4v) is 5.78. The number of nitrogens with one attached hydrogen (secondary N) is 3. The third-order valence-electron chi connectivity index (χ3n) is 8.18. The van der Waals surface area contributed by atoms with E-state index in [2.05, 4.69) is 16.0 Å². The van der Waals surface area contributed by atoms with Crippen LogP contribution in [0.15, 0.2) is 54.6 Å². The van der Waals surface area contributed by atoms with E-state index < -0.39 is 66.2 Å². The standard InChI is InChI=1S/C32H40N6O8/c33-23(16-21-10-12-22(39)13-11-21)29(42)35-19-28(41)37-14-4-8-25(37)30(43)34-18-27(40)36-24(17-20-6-2-1-3-7-20)31(44)38-15-5-9-26(38)32(45)46/h1-3,6-7,10-13,23-26,39H,4-5,8-9,14-19,33H2,(H,34,43)(H,35,42)(H,36,40)(H,45,46)/t23-,24-,25-,26-/m0/s1. The second-order valence-electron chi connectivity index (χ2n) is 11.5. The maximum absolute atomic E-state index is 13.4. The van der Waals surface area contributed by atoms with Gasteiger partial charge in [0, 0.05) is 19.5 Å². The van der Waals surface area contributed by atoms with Gasteiger partial charge in [-0.2, -0.15) is 0 Å². The topological polar surface area (TPSA) is 211 Å². The molecule has 0 unspecified atom stereocenters. The van der Waals surface area contributed by atoms with Crippen LogP contribution < -0.4 is 21.7 Å². The van der Waals surface area contributed by atoms with Crippen LogP contribution in [-0.4, -0.2) is 106 Å². The van der Waals surface area contributed by atoms with E-state index in [1.54, 1.807) is 36.4 Å². The Morgan fingerprint density at radius 3 is 2.11 bits per heavy atom. The SMILES string of the molecule is N[C@@H](Cc1ccc(O)cc1)C(=O)NCC(=O)N1CCC[C@H]1C(=O)NCC(=O)N[C@@H](Cc1ccccc1)C(=O)N1CCC[C@H]1C(=O)O. The first-order valence-corrected chi connectivity index (χ1v) is 15.3. The van der Waals surface area contributed by atoms with Crippen molar-refractivity contribution in [3.63, 3.8) is 0 Å². The normalized spacial score (nSPS) is 18.8. The molecule has 2 aliphatic rings. The van der Waals surface area contributed by atoms with E-state index in [1.165, 1.54) is 21.9 Å². The predicted molar refractivity (Wildman–Crippen MR) is 165 cm³/mol. The second-order valence-corrected chi connectivity index (χ2v) is 11.5. The number of nitrogens with two attached hydrogens (primary N) is 1. The molecule has 2 saturated heterocycles. The van der Waals surface area contributed by atoms with Crippen LogP contribution in [0.2, 0.25) is 0 Å². The molecule has 2 fully saturated rings. The lowest BCUT2D eigenvalue weighted by atomic mass is 10.0. The van der Waals surface area contributed by atoms with E-state index in [-0.39, 0.29) is 31.7 Å². The van der Waals surface area contributed by atoms with Gasteiger partial charge in [-0.1, -0.05) is 42.5 Å². The van der Waals surface area contributed by atoms with Crippen molar-refractivity contribution in [2.45, 2.75) is 62.7 Å². The lowest BCUT2D eigenvalue weighted by Crippen LogP contribution is -2.55. The van der Waals surface area contributed by atoms with Crippen molar-refractivity contribution >= 4 is 35.5 Å². The molecule has 7 N–H and O–H groups in total. The highest BCUT2D eigenvalue weighted by Gasteiger charge is 2.38. The Hall–Kier alpha value is -4.98. The number of hydrogen-bond acceptors (Lipinski definition) is 8. The highest BCUT2D eigenvalue weighted by Crippen LogP contribution is 2.20. The zero-order chi connectivity index (χ0) is 33.2. The van der Waals surface area contributed by atoms with Crippen LogP contribution in [0.25, 0.3) is 0 Å². The maximum atomic E-state index is 13.4. The van der Waals surface area contributed by atoms with E-state index in [9.17, 15) is 39.0 Å². The molecule has 46 heavy (non-hydrogen) atoms. The van der Waals surface area contributed by atoms with Crippen LogP contribution in [0.3, 0.4) is 0 Å². The Labute approximate surface area is 266 Å². The fraction of sp³-hybridized carbons (Fsp3) is 0.438. The number of carbonyl (C=O) groups is 6. The average Bonchev–Trinajstić information content (AvgIpc) is 3.74. The van der Waals surface area contributed by atoms with Crippen molar-refractivity contribution in [2.24, 2.45) is 5.73 Å². The molecular weight excluding hydrogens is 596 g/mol. The fourth-order valence-electron chi connectivity index (χ4n) is 5.78. The lowest BCUT2D eigenvalue weighted by Gasteiger charge is -2.28. The molecule has 0 radical (unpaired) electrons. The summed E-state index contributed by atoms with van der Waals surface area (Å²) in [6.07, 6.45) is 2.13. The highest BCUT2D eigenvalue weighted by atomic mass is 16.4. The minimum atomic E-state index is -1.10. The van der Waals surface area contributed by atoms with Crippen molar-refractivity contribution in [1.29, 1.82) is 0 Å². The summed E-state index contributed by atoms with van der Waals surface area (Å²) in [5.41, 5.74) is 7.48. The number of benzene rings is 2. The summed E-state index contributed by atoms with van der Waals surface area (Å²) in [5, 5.41) is 26.7. The van der Waals surface area contributed by atoms with Gasteiger partial charge in [0.15, 0.2) is 0 Å². The molecule has 5 amide bonds. The monoisotopic (exact) mass is 636 g/mol. The first-order valence-electron chi connectivity index (χ1n) is 15.3. The van der Waals surface area contributed by atoms with E-state index >= 15 is 0 Å². The first kappa shape index (κ1) is 33.9. The van der Waals surface area contributed by atoms with Crippen LogP contribution >= 0.6 is 0 Å². The molecule has 0 aliphatic carbocycles. The van der Waals surface area contributed by atoms with Gasteiger partial charge in [0.2, 0.25) is 29.5 Å².